The van der Waals surface area contributed by atoms with Crippen molar-refractivity contribution in [1.82, 2.24) is 30.1 Å². The second kappa shape index (κ2) is 6.45. The molecule has 1 aromatic carbocycles. The van der Waals surface area contributed by atoms with Crippen LogP contribution in [-0.2, 0) is 6.54 Å². The zero-order valence-corrected chi connectivity index (χ0v) is 13.6. The lowest BCUT2D eigenvalue weighted by Crippen LogP contribution is -2.19. The summed E-state index contributed by atoms with van der Waals surface area (Å²) < 4.78 is 7.61. The fourth-order valence-electron chi connectivity index (χ4n) is 1.99. The Kier molecular flexibility index (Phi) is 4.39. The monoisotopic (exact) mass is 318 g/mol. The van der Waals surface area contributed by atoms with Crippen LogP contribution in [0.5, 0.6) is 0 Å². The van der Waals surface area contributed by atoms with Crippen molar-refractivity contribution in [2.75, 3.05) is 20.6 Å². The second-order valence-electron chi connectivity index (χ2n) is 5.27. The summed E-state index contributed by atoms with van der Waals surface area (Å²) >= 11 is 1.55. The van der Waals surface area contributed by atoms with Crippen molar-refractivity contribution in [2.24, 2.45) is 0 Å². The van der Waals surface area contributed by atoms with Gasteiger partial charge in [0.15, 0.2) is 5.58 Å². The molecular formula is C14H18N6OS. The molecule has 8 heteroatoms. The van der Waals surface area contributed by atoms with Gasteiger partial charge in [-0.1, -0.05) is 23.9 Å². The standard InChI is InChI=1S/C14H18N6OS/c1-10(13-15-11-6-4-5-7-12(11)21-13)22-14-16-17-18-20(14)9-8-19(2)3/h4-7,10H,8-9H2,1-3H3/t10-/m0/s1. The molecule has 0 fully saturated rings. The van der Waals surface area contributed by atoms with E-state index in [1.54, 1.807) is 11.8 Å². The van der Waals surface area contributed by atoms with E-state index in [1.165, 1.54) is 0 Å². The highest BCUT2D eigenvalue weighted by Crippen LogP contribution is 2.34. The molecule has 0 aliphatic heterocycles. The Morgan fingerprint density at radius 3 is 2.91 bits per heavy atom. The Bertz CT molecular complexity index is 719. The summed E-state index contributed by atoms with van der Waals surface area (Å²) in [7, 11) is 4.05. The maximum Gasteiger partial charge on any atom is 0.210 e. The zero-order valence-electron chi connectivity index (χ0n) is 12.8. The van der Waals surface area contributed by atoms with Gasteiger partial charge in [-0.25, -0.2) is 9.67 Å². The lowest BCUT2D eigenvalue weighted by Gasteiger charge is -2.10. The third-order valence-electron chi connectivity index (χ3n) is 3.20. The first-order valence-electron chi connectivity index (χ1n) is 7.06. The third kappa shape index (κ3) is 3.28. The van der Waals surface area contributed by atoms with Gasteiger partial charge in [0.2, 0.25) is 11.0 Å². The molecule has 2 heterocycles. The van der Waals surface area contributed by atoms with Crippen molar-refractivity contribution in [3.8, 4) is 0 Å². The van der Waals surface area contributed by atoms with E-state index < -0.39 is 0 Å². The summed E-state index contributed by atoms with van der Waals surface area (Å²) in [6, 6.07) is 7.76. The van der Waals surface area contributed by atoms with Crippen LogP contribution in [-0.4, -0.2) is 50.7 Å². The summed E-state index contributed by atoms with van der Waals surface area (Å²) in [4.78, 5) is 6.62. The molecule has 0 radical (unpaired) electrons. The van der Waals surface area contributed by atoms with Crippen LogP contribution < -0.4 is 0 Å². The van der Waals surface area contributed by atoms with Gasteiger partial charge in [0.25, 0.3) is 0 Å². The fraction of sp³-hybridized carbons (Fsp3) is 0.429. The van der Waals surface area contributed by atoms with E-state index in [1.807, 2.05) is 50.0 Å². The molecule has 0 N–H and O–H groups in total. The highest BCUT2D eigenvalue weighted by atomic mass is 32.2. The number of likely N-dealkylation sites (N-methyl/N-ethyl adjacent to an activating group) is 1. The highest BCUT2D eigenvalue weighted by molar-refractivity contribution is 7.99. The second-order valence-corrected chi connectivity index (χ2v) is 6.58. The third-order valence-corrected chi connectivity index (χ3v) is 4.26. The van der Waals surface area contributed by atoms with Crippen LogP contribution in [0.3, 0.4) is 0 Å². The number of para-hydroxylation sites is 2. The molecular weight excluding hydrogens is 300 g/mol. The van der Waals surface area contributed by atoms with E-state index in [-0.39, 0.29) is 5.25 Å². The molecule has 0 amide bonds. The summed E-state index contributed by atoms with van der Waals surface area (Å²) in [5.41, 5.74) is 1.68. The van der Waals surface area contributed by atoms with Gasteiger partial charge < -0.3 is 9.32 Å². The molecule has 3 rings (SSSR count). The van der Waals surface area contributed by atoms with Crippen molar-refractivity contribution in [3.63, 3.8) is 0 Å². The zero-order chi connectivity index (χ0) is 15.5. The van der Waals surface area contributed by atoms with Gasteiger partial charge in [-0.05, 0) is 43.6 Å². The van der Waals surface area contributed by atoms with Crippen LogP contribution in [0.25, 0.3) is 11.1 Å². The minimum Gasteiger partial charge on any atom is -0.439 e. The maximum atomic E-state index is 5.80. The van der Waals surface area contributed by atoms with Crippen LogP contribution in [0.15, 0.2) is 33.8 Å². The average Bonchev–Trinajstić information content (AvgIpc) is 3.11. The number of thioether (sulfide) groups is 1. The lowest BCUT2D eigenvalue weighted by atomic mass is 10.3. The SMILES string of the molecule is C[C@H](Sc1nnnn1CCN(C)C)c1nc2ccccc2o1. The van der Waals surface area contributed by atoms with Gasteiger partial charge in [0.05, 0.1) is 11.8 Å². The van der Waals surface area contributed by atoms with E-state index >= 15 is 0 Å². The van der Waals surface area contributed by atoms with E-state index in [0.717, 1.165) is 29.3 Å². The average molecular weight is 318 g/mol. The molecule has 0 aliphatic rings. The normalized spacial score (nSPS) is 13.1. The number of hydrogen-bond acceptors (Lipinski definition) is 7. The van der Waals surface area contributed by atoms with Gasteiger partial charge in [-0.3, -0.25) is 0 Å². The van der Waals surface area contributed by atoms with E-state index in [4.69, 9.17) is 4.42 Å². The van der Waals surface area contributed by atoms with E-state index in [0.29, 0.717) is 5.89 Å². The van der Waals surface area contributed by atoms with Crippen LogP contribution in [0.4, 0.5) is 0 Å². The molecule has 22 heavy (non-hydrogen) atoms. The van der Waals surface area contributed by atoms with Crippen molar-refractivity contribution < 1.29 is 4.42 Å². The van der Waals surface area contributed by atoms with Crippen molar-refractivity contribution >= 4 is 22.9 Å². The van der Waals surface area contributed by atoms with Crippen LogP contribution >= 0.6 is 11.8 Å². The Hall–Kier alpha value is -1.93. The number of oxazole rings is 1. The van der Waals surface area contributed by atoms with Gasteiger partial charge in [-0.15, -0.1) is 5.10 Å². The van der Waals surface area contributed by atoms with Crippen molar-refractivity contribution in [3.05, 3.63) is 30.2 Å². The van der Waals surface area contributed by atoms with Crippen LogP contribution in [0.1, 0.15) is 18.1 Å². The molecule has 0 saturated carbocycles. The minimum atomic E-state index is 0.0384. The van der Waals surface area contributed by atoms with Gasteiger partial charge >= 0.3 is 0 Å². The topological polar surface area (TPSA) is 72.9 Å². The first-order chi connectivity index (χ1) is 10.6. The molecule has 3 aromatic rings. The number of rotatable bonds is 6. The molecule has 0 aliphatic carbocycles. The van der Waals surface area contributed by atoms with Gasteiger partial charge in [-0.2, -0.15) is 0 Å². The highest BCUT2D eigenvalue weighted by Gasteiger charge is 2.18. The molecule has 0 unspecified atom stereocenters. The lowest BCUT2D eigenvalue weighted by molar-refractivity contribution is 0.361. The number of tetrazole rings is 1. The van der Waals surface area contributed by atoms with Crippen molar-refractivity contribution in [1.29, 1.82) is 0 Å². The number of nitrogens with zero attached hydrogens (tertiary/aromatic N) is 6. The molecule has 2 aromatic heterocycles. The Morgan fingerprint density at radius 1 is 1.32 bits per heavy atom. The van der Waals surface area contributed by atoms with E-state index in [2.05, 4.69) is 25.4 Å². The molecule has 0 bridgehead atoms. The molecule has 116 valence electrons. The fourth-order valence-corrected chi connectivity index (χ4v) is 2.84. The summed E-state index contributed by atoms with van der Waals surface area (Å²) in [5, 5.41) is 12.7. The van der Waals surface area contributed by atoms with Gasteiger partial charge in [0, 0.05) is 6.54 Å². The number of fused-ring (bicyclic) bond motifs is 1. The summed E-state index contributed by atoms with van der Waals surface area (Å²) in [5.74, 6) is 0.688. The number of hydrogen-bond donors (Lipinski definition) is 0. The Morgan fingerprint density at radius 2 is 2.14 bits per heavy atom. The predicted molar refractivity (Wildman–Crippen MR) is 84.7 cm³/mol. The smallest absolute Gasteiger partial charge is 0.210 e. The molecule has 1 atom stereocenters. The van der Waals surface area contributed by atoms with E-state index in [9.17, 15) is 0 Å². The minimum absolute atomic E-state index is 0.0384. The Balaban J connectivity index is 1.74. The first-order valence-corrected chi connectivity index (χ1v) is 7.94. The molecule has 7 nitrogen and oxygen atoms in total. The number of aromatic nitrogens is 5. The quantitative estimate of drug-likeness (QED) is 0.645. The van der Waals surface area contributed by atoms with Gasteiger partial charge in [0.1, 0.15) is 5.52 Å². The largest absolute Gasteiger partial charge is 0.439 e. The predicted octanol–water partition coefficient (Wildman–Crippen LogP) is 2.23. The molecule has 0 saturated heterocycles. The van der Waals surface area contributed by atoms with Crippen LogP contribution in [0.2, 0.25) is 0 Å². The maximum absolute atomic E-state index is 5.80. The molecule has 0 spiro atoms. The number of benzene rings is 1. The van der Waals surface area contributed by atoms with Crippen molar-refractivity contribution in [2.45, 2.75) is 23.9 Å². The van der Waals surface area contributed by atoms with Crippen LogP contribution in [0, 0.1) is 0 Å². The summed E-state index contributed by atoms with van der Waals surface area (Å²) in [6.07, 6.45) is 0. The summed E-state index contributed by atoms with van der Waals surface area (Å²) in [6.45, 7) is 3.68. The first kappa shape index (κ1) is 15.0. The Labute approximate surface area is 132 Å².